The first-order valence-corrected chi connectivity index (χ1v) is 12.5. The molecular weight excluding hydrogens is 464 g/mol. The van der Waals surface area contributed by atoms with Gasteiger partial charge < -0.3 is 14.4 Å². The number of aryl methyl sites for hydroxylation is 2. The van der Waals surface area contributed by atoms with Gasteiger partial charge >= 0.3 is 0 Å². The van der Waals surface area contributed by atoms with Gasteiger partial charge in [0.15, 0.2) is 0 Å². The quantitative estimate of drug-likeness (QED) is 0.525. The average Bonchev–Trinajstić information content (AvgIpc) is 3.13. The number of hydrogen-bond acceptors (Lipinski definition) is 6. The minimum Gasteiger partial charge on any atom is -0.353 e. The molecule has 4 rings (SSSR count). The van der Waals surface area contributed by atoms with Crippen LogP contribution in [0.25, 0.3) is 11.0 Å². The van der Waals surface area contributed by atoms with Gasteiger partial charge in [-0.2, -0.15) is 0 Å². The summed E-state index contributed by atoms with van der Waals surface area (Å²) in [7, 11) is 1.35. The maximum atomic E-state index is 12.8. The Morgan fingerprint density at radius 1 is 1.12 bits per heavy atom. The van der Waals surface area contributed by atoms with E-state index in [2.05, 4.69) is 14.9 Å². The van der Waals surface area contributed by atoms with Crippen LogP contribution in [0, 0.1) is 0 Å². The summed E-state index contributed by atoms with van der Waals surface area (Å²) in [4.78, 5) is 26.0. The predicted molar refractivity (Wildman–Crippen MR) is 128 cm³/mol. The molecule has 176 valence electrons. The zero-order chi connectivity index (χ0) is 23.8. The van der Waals surface area contributed by atoms with E-state index in [1.807, 2.05) is 28.6 Å². The van der Waals surface area contributed by atoms with Crippen molar-refractivity contribution in [2.75, 3.05) is 45.2 Å². The number of nitrogens with zero attached hydrogens (tertiary/aromatic N) is 6. The Balaban J connectivity index is 1.38. The zero-order valence-corrected chi connectivity index (χ0v) is 20.5. The maximum Gasteiger partial charge on any atom is 0.242 e. The van der Waals surface area contributed by atoms with Crippen LogP contribution < -0.4 is 4.90 Å². The molecule has 1 fully saturated rings. The van der Waals surface area contributed by atoms with Crippen LogP contribution in [0.15, 0.2) is 41.4 Å². The van der Waals surface area contributed by atoms with Gasteiger partial charge in [-0.05, 0) is 30.3 Å². The second kappa shape index (κ2) is 9.28. The molecule has 1 aliphatic heterocycles. The standard InChI is InChI=1S/C22H27ClN6O3S/c1-26(2)33(31,32)17-5-6-19-18(14-17)25-21(27(19)3)8-9-22(30)29-12-10-28(11-13-29)20-7-4-16(23)15-24-20/h4-7,14-15H,8-13H2,1-3H3. The number of carbonyl (C=O) groups is 1. The first-order valence-electron chi connectivity index (χ1n) is 10.7. The molecule has 0 radical (unpaired) electrons. The lowest BCUT2D eigenvalue weighted by Gasteiger charge is -2.35. The van der Waals surface area contributed by atoms with E-state index in [0.29, 0.717) is 36.5 Å². The van der Waals surface area contributed by atoms with Crippen LogP contribution >= 0.6 is 11.6 Å². The van der Waals surface area contributed by atoms with Crippen LogP contribution in [0.3, 0.4) is 0 Å². The van der Waals surface area contributed by atoms with Gasteiger partial charge in [0.05, 0.1) is 21.0 Å². The number of amides is 1. The first-order chi connectivity index (χ1) is 15.7. The Morgan fingerprint density at radius 3 is 2.48 bits per heavy atom. The van der Waals surface area contributed by atoms with Crippen molar-refractivity contribution in [3.63, 3.8) is 0 Å². The number of rotatable bonds is 6. The van der Waals surface area contributed by atoms with E-state index in [1.54, 1.807) is 24.4 Å². The summed E-state index contributed by atoms with van der Waals surface area (Å²) in [6.45, 7) is 2.71. The first kappa shape index (κ1) is 23.5. The van der Waals surface area contributed by atoms with Crippen molar-refractivity contribution in [1.29, 1.82) is 0 Å². The van der Waals surface area contributed by atoms with E-state index >= 15 is 0 Å². The average molecular weight is 491 g/mol. The van der Waals surface area contributed by atoms with Crippen molar-refractivity contribution < 1.29 is 13.2 Å². The van der Waals surface area contributed by atoms with Gasteiger partial charge in [-0.3, -0.25) is 4.79 Å². The second-order valence-electron chi connectivity index (χ2n) is 8.23. The van der Waals surface area contributed by atoms with Crippen LogP contribution in [0.5, 0.6) is 0 Å². The SMILES string of the molecule is CN(C)S(=O)(=O)c1ccc2c(c1)nc(CCC(=O)N1CCN(c3ccc(Cl)cn3)CC1)n2C. The highest BCUT2D eigenvalue weighted by atomic mass is 35.5. The van der Waals surface area contributed by atoms with Crippen LogP contribution in [0.4, 0.5) is 5.82 Å². The number of piperazine rings is 1. The molecule has 1 amide bonds. The van der Waals surface area contributed by atoms with E-state index in [0.717, 1.165) is 30.2 Å². The minimum absolute atomic E-state index is 0.0849. The molecule has 0 saturated carbocycles. The number of sulfonamides is 1. The van der Waals surface area contributed by atoms with Crippen molar-refractivity contribution in [3.05, 3.63) is 47.4 Å². The second-order valence-corrected chi connectivity index (χ2v) is 10.8. The van der Waals surface area contributed by atoms with Crippen LogP contribution in [0.1, 0.15) is 12.2 Å². The van der Waals surface area contributed by atoms with Gasteiger partial charge in [0.2, 0.25) is 15.9 Å². The summed E-state index contributed by atoms with van der Waals surface area (Å²) in [6, 6.07) is 8.63. The Bertz CT molecular complexity index is 1270. The fourth-order valence-corrected chi connectivity index (χ4v) is 4.98. The van der Waals surface area contributed by atoms with Gasteiger partial charge in [-0.1, -0.05) is 11.6 Å². The van der Waals surface area contributed by atoms with Crippen molar-refractivity contribution in [2.24, 2.45) is 7.05 Å². The molecule has 33 heavy (non-hydrogen) atoms. The summed E-state index contributed by atoms with van der Waals surface area (Å²) in [5, 5.41) is 0.602. The topological polar surface area (TPSA) is 91.6 Å². The third kappa shape index (κ3) is 4.83. The Hall–Kier alpha value is -2.69. The number of hydrogen-bond donors (Lipinski definition) is 0. The summed E-state index contributed by atoms with van der Waals surface area (Å²) >= 11 is 5.91. The number of carbonyl (C=O) groups excluding carboxylic acids is 1. The normalized spacial score (nSPS) is 14.9. The molecule has 1 saturated heterocycles. The number of benzene rings is 1. The molecule has 2 aromatic heterocycles. The Labute approximate surface area is 198 Å². The smallest absolute Gasteiger partial charge is 0.242 e. The number of pyridine rings is 1. The number of anilines is 1. The van der Waals surface area contributed by atoms with E-state index < -0.39 is 10.0 Å². The summed E-state index contributed by atoms with van der Waals surface area (Å²) in [6.07, 6.45) is 2.46. The summed E-state index contributed by atoms with van der Waals surface area (Å²) < 4.78 is 27.9. The Morgan fingerprint density at radius 2 is 1.85 bits per heavy atom. The van der Waals surface area contributed by atoms with Crippen LogP contribution in [-0.4, -0.2) is 78.3 Å². The highest BCUT2D eigenvalue weighted by molar-refractivity contribution is 7.89. The summed E-state index contributed by atoms with van der Waals surface area (Å²) in [5.74, 6) is 1.70. The van der Waals surface area contributed by atoms with E-state index in [9.17, 15) is 13.2 Å². The molecule has 0 N–H and O–H groups in total. The molecule has 0 atom stereocenters. The number of imidazole rings is 1. The largest absolute Gasteiger partial charge is 0.353 e. The third-order valence-electron chi connectivity index (χ3n) is 5.95. The number of halogens is 1. The minimum atomic E-state index is -3.53. The molecule has 9 nitrogen and oxygen atoms in total. The highest BCUT2D eigenvalue weighted by Crippen LogP contribution is 2.22. The van der Waals surface area contributed by atoms with Crippen molar-refractivity contribution >= 4 is 44.4 Å². The van der Waals surface area contributed by atoms with E-state index in [-0.39, 0.29) is 10.8 Å². The van der Waals surface area contributed by atoms with Crippen molar-refractivity contribution in [2.45, 2.75) is 17.7 Å². The molecule has 0 unspecified atom stereocenters. The lowest BCUT2D eigenvalue weighted by atomic mass is 10.2. The number of fused-ring (bicyclic) bond motifs is 1. The van der Waals surface area contributed by atoms with Crippen LogP contribution in [-0.2, 0) is 28.3 Å². The summed E-state index contributed by atoms with van der Waals surface area (Å²) in [5.41, 5.74) is 1.44. The molecule has 0 aliphatic carbocycles. The van der Waals surface area contributed by atoms with Gasteiger partial charge in [-0.25, -0.2) is 22.7 Å². The molecule has 11 heteroatoms. The lowest BCUT2D eigenvalue weighted by molar-refractivity contribution is -0.131. The van der Waals surface area contributed by atoms with Gasteiger partial charge in [0.25, 0.3) is 0 Å². The van der Waals surface area contributed by atoms with Gasteiger partial charge in [0, 0.05) is 66.4 Å². The number of aromatic nitrogens is 3. The van der Waals surface area contributed by atoms with Crippen LogP contribution in [0.2, 0.25) is 5.02 Å². The molecule has 0 bridgehead atoms. The van der Waals surface area contributed by atoms with Gasteiger partial charge in [-0.15, -0.1) is 0 Å². The Kier molecular flexibility index (Phi) is 6.60. The lowest BCUT2D eigenvalue weighted by Crippen LogP contribution is -2.49. The van der Waals surface area contributed by atoms with Crippen molar-refractivity contribution in [3.8, 4) is 0 Å². The van der Waals surface area contributed by atoms with Crippen molar-refractivity contribution in [1.82, 2.24) is 23.7 Å². The molecular formula is C22H27ClN6O3S. The molecule has 1 aromatic carbocycles. The fourth-order valence-electron chi connectivity index (χ4n) is 3.94. The molecule has 3 aromatic rings. The van der Waals surface area contributed by atoms with Gasteiger partial charge in [0.1, 0.15) is 11.6 Å². The maximum absolute atomic E-state index is 12.8. The third-order valence-corrected chi connectivity index (χ3v) is 7.99. The van der Waals surface area contributed by atoms with E-state index in [1.165, 1.54) is 18.4 Å². The predicted octanol–water partition coefficient (Wildman–Crippen LogP) is 2.15. The fraction of sp³-hybridized carbons (Fsp3) is 0.409. The molecule has 3 heterocycles. The molecule has 0 spiro atoms. The monoisotopic (exact) mass is 490 g/mol. The van der Waals surface area contributed by atoms with E-state index in [4.69, 9.17) is 11.6 Å². The molecule has 1 aliphatic rings. The highest BCUT2D eigenvalue weighted by Gasteiger charge is 2.23. The zero-order valence-electron chi connectivity index (χ0n) is 18.9.